The van der Waals surface area contributed by atoms with E-state index in [1.165, 1.54) is 29.3 Å². The van der Waals surface area contributed by atoms with Crippen LogP contribution in [0.2, 0.25) is 4.34 Å². The summed E-state index contributed by atoms with van der Waals surface area (Å²) in [5.41, 5.74) is 5.77. The van der Waals surface area contributed by atoms with E-state index in [1.807, 2.05) is 0 Å². The number of carbonyl (C=O) groups is 3. The number of thiazole rings is 1. The molecule has 2 aliphatic heterocycles. The standard InChI is InChI=1S/C16H12ClN7O5S3/c17-11-6(21-23-32-11)2-1-5-3-30-14-9(13(26)24(14)10(5)15(27)28)20-12(25)8(22-29)7-4-31-16(18)19-7/h1-2,4,9,14,29H,3H2,(H2,18,19)(H,20,25)(H,27,28)/b2-1-,22-8-/t9?,14-/m1/s1. The van der Waals surface area contributed by atoms with Gasteiger partial charge in [0.25, 0.3) is 11.8 Å². The van der Waals surface area contributed by atoms with Gasteiger partial charge in [0.05, 0.1) is 0 Å². The van der Waals surface area contributed by atoms with Gasteiger partial charge < -0.3 is 21.4 Å². The fraction of sp³-hybridized carbons (Fsp3) is 0.188. The van der Waals surface area contributed by atoms with Crippen molar-refractivity contribution < 1.29 is 24.7 Å². The quantitative estimate of drug-likeness (QED) is 0.187. The Hall–Kier alpha value is -3.01. The van der Waals surface area contributed by atoms with Gasteiger partial charge in [-0.05, 0) is 11.6 Å². The number of nitrogen functional groups attached to an aromatic ring is 1. The number of halogens is 1. The van der Waals surface area contributed by atoms with Crippen LogP contribution in [0, 0.1) is 0 Å². The Morgan fingerprint density at radius 1 is 1.41 bits per heavy atom. The molecule has 2 atom stereocenters. The van der Waals surface area contributed by atoms with Gasteiger partial charge >= 0.3 is 5.97 Å². The molecule has 0 saturated carbocycles. The second-order valence-electron chi connectivity index (χ2n) is 6.32. The van der Waals surface area contributed by atoms with E-state index in [9.17, 15) is 24.7 Å². The van der Waals surface area contributed by atoms with Crippen molar-refractivity contribution in [2.24, 2.45) is 5.16 Å². The molecule has 0 radical (unpaired) electrons. The van der Waals surface area contributed by atoms with Crippen LogP contribution in [0.5, 0.6) is 0 Å². The molecule has 12 nitrogen and oxygen atoms in total. The highest BCUT2D eigenvalue weighted by Crippen LogP contribution is 2.41. The third-order valence-corrected chi connectivity index (χ3v) is 7.39. The molecule has 0 aliphatic carbocycles. The van der Waals surface area contributed by atoms with Crippen LogP contribution in [0.1, 0.15) is 11.4 Å². The van der Waals surface area contributed by atoms with E-state index < -0.39 is 34.9 Å². The minimum absolute atomic E-state index is 0.0566. The van der Waals surface area contributed by atoms with Crippen LogP contribution < -0.4 is 11.1 Å². The molecule has 0 bridgehead atoms. The summed E-state index contributed by atoms with van der Waals surface area (Å²) in [7, 11) is 0. The van der Waals surface area contributed by atoms with Gasteiger partial charge in [-0.15, -0.1) is 28.2 Å². The van der Waals surface area contributed by atoms with Crippen molar-refractivity contribution in [3.63, 3.8) is 0 Å². The number of anilines is 1. The average molecular weight is 514 g/mol. The first kappa shape index (κ1) is 22.2. The van der Waals surface area contributed by atoms with Crippen LogP contribution >= 0.6 is 46.2 Å². The number of rotatable bonds is 6. The molecule has 4 heterocycles. The molecule has 1 saturated heterocycles. The molecule has 0 aromatic carbocycles. The number of fused-ring (bicyclic) bond motifs is 1. The van der Waals surface area contributed by atoms with Crippen molar-refractivity contribution in [2.45, 2.75) is 11.4 Å². The number of allylic oxidation sites excluding steroid dienone is 1. The number of nitrogens with one attached hydrogen (secondary N) is 1. The van der Waals surface area contributed by atoms with E-state index in [-0.39, 0.29) is 22.3 Å². The van der Waals surface area contributed by atoms with Gasteiger partial charge in [-0.1, -0.05) is 27.3 Å². The molecule has 1 fully saturated rings. The first-order valence-corrected chi connectivity index (χ1v) is 11.7. The van der Waals surface area contributed by atoms with Crippen molar-refractivity contribution in [3.8, 4) is 0 Å². The summed E-state index contributed by atoms with van der Waals surface area (Å²) in [5.74, 6) is -2.47. The van der Waals surface area contributed by atoms with Crippen LogP contribution in [0.3, 0.4) is 0 Å². The van der Waals surface area contributed by atoms with Crippen LogP contribution in [0.4, 0.5) is 5.13 Å². The third kappa shape index (κ3) is 3.94. The summed E-state index contributed by atoms with van der Waals surface area (Å²) < 4.78 is 4.05. The van der Waals surface area contributed by atoms with E-state index in [0.29, 0.717) is 15.6 Å². The molecular formula is C16H12ClN7O5S3. The Kier molecular flexibility index (Phi) is 6.14. The fourth-order valence-corrected chi connectivity index (χ4v) is 5.52. The number of carboxylic acid groups (broad SMARTS) is 1. The summed E-state index contributed by atoms with van der Waals surface area (Å²) in [6.07, 6.45) is 3.05. The maximum atomic E-state index is 12.7. The van der Waals surface area contributed by atoms with Gasteiger partial charge in [-0.2, -0.15) is 0 Å². The van der Waals surface area contributed by atoms with Gasteiger partial charge in [0.15, 0.2) is 10.8 Å². The number of amides is 2. The lowest BCUT2D eigenvalue weighted by Gasteiger charge is -2.49. The molecule has 1 unspecified atom stereocenters. The van der Waals surface area contributed by atoms with Gasteiger partial charge in [-0.3, -0.25) is 14.5 Å². The first-order chi connectivity index (χ1) is 15.3. The Labute approximate surface area is 196 Å². The largest absolute Gasteiger partial charge is 0.477 e. The summed E-state index contributed by atoms with van der Waals surface area (Å²) in [6, 6.07) is -1.00. The van der Waals surface area contributed by atoms with Crippen molar-refractivity contribution >= 4 is 80.9 Å². The second-order valence-corrected chi connectivity index (χ2v) is 9.68. The molecular weight excluding hydrogens is 502 g/mol. The number of carboxylic acids is 1. The lowest BCUT2D eigenvalue weighted by molar-refractivity contribution is -0.150. The highest BCUT2D eigenvalue weighted by atomic mass is 35.5. The molecule has 2 aromatic heterocycles. The predicted molar refractivity (Wildman–Crippen MR) is 118 cm³/mol. The maximum absolute atomic E-state index is 12.7. The zero-order valence-electron chi connectivity index (χ0n) is 15.6. The van der Waals surface area contributed by atoms with Crippen molar-refractivity contribution in [1.82, 2.24) is 24.8 Å². The Bertz CT molecular complexity index is 1210. The predicted octanol–water partition coefficient (Wildman–Crippen LogP) is 0.861. The third-order valence-electron chi connectivity index (χ3n) is 4.48. The summed E-state index contributed by atoms with van der Waals surface area (Å²) in [4.78, 5) is 42.1. The molecule has 2 aromatic rings. The zero-order valence-corrected chi connectivity index (χ0v) is 18.8. The van der Waals surface area contributed by atoms with Crippen molar-refractivity contribution in [3.05, 3.63) is 38.5 Å². The number of carbonyl (C=O) groups excluding carboxylic acids is 2. The fourth-order valence-electron chi connectivity index (χ4n) is 3.05. The molecule has 16 heteroatoms. The zero-order chi connectivity index (χ0) is 23.0. The molecule has 166 valence electrons. The molecule has 2 amide bonds. The smallest absolute Gasteiger partial charge is 0.352 e. The van der Waals surface area contributed by atoms with E-state index in [2.05, 4.69) is 25.0 Å². The molecule has 2 aliphatic rings. The lowest BCUT2D eigenvalue weighted by atomic mass is 10.0. The number of aromatic nitrogens is 3. The highest BCUT2D eigenvalue weighted by Gasteiger charge is 2.54. The molecule has 0 spiro atoms. The summed E-state index contributed by atoms with van der Waals surface area (Å²) in [5, 5.41) is 29.1. The van der Waals surface area contributed by atoms with Crippen molar-refractivity contribution in [2.75, 3.05) is 11.5 Å². The minimum Gasteiger partial charge on any atom is -0.477 e. The average Bonchev–Trinajstić information content (AvgIpc) is 3.37. The molecule has 32 heavy (non-hydrogen) atoms. The SMILES string of the molecule is Nc1nc(/C(=N/O)C(=O)NC2C(=O)N3C(C(=O)O)=C(/C=C\c4nnsc4Cl)CS[C@H]23)cs1. The van der Waals surface area contributed by atoms with Crippen LogP contribution in [-0.2, 0) is 14.4 Å². The number of oxime groups is 1. The summed E-state index contributed by atoms with van der Waals surface area (Å²) >= 11 is 9.27. The number of β-lactam (4-membered cyclic amide) rings is 1. The van der Waals surface area contributed by atoms with Gasteiger partial charge in [0.2, 0.25) is 0 Å². The normalized spacial score (nSPS) is 21.0. The number of nitrogens with two attached hydrogens (primary N) is 1. The Morgan fingerprint density at radius 3 is 2.78 bits per heavy atom. The number of hydrogen-bond donors (Lipinski definition) is 4. The minimum atomic E-state index is -1.29. The maximum Gasteiger partial charge on any atom is 0.352 e. The molecule has 4 rings (SSSR count). The van der Waals surface area contributed by atoms with Crippen LogP contribution in [0.25, 0.3) is 6.08 Å². The first-order valence-electron chi connectivity index (χ1n) is 8.63. The number of nitrogens with zero attached hydrogens (tertiary/aromatic N) is 5. The topological polar surface area (TPSA) is 184 Å². The van der Waals surface area contributed by atoms with Gasteiger partial charge in [0, 0.05) is 22.7 Å². The monoisotopic (exact) mass is 513 g/mol. The van der Waals surface area contributed by atoms with Gasteiger partial charge in [0.1, 0.15) is 32.8 Å². The number of hydrogen-bond acceptors (Lipinski definition) is 12. The van der Waals surface area contributed by atoms with E-state index in [4.69, 9.17) is 17.3 Å². The van der Waals surface area contributed by atoms with Crippen molar-refractivity contribution in [1.29, 1.82) is 0 Å². The Morgan fingerprint density at radius 2 is 2.19 bits per heavy atom. The number of thioether (sulfide) groups is 1. The van der Waals surface area contributed by atoms with E-state index in [0.717, 1.165) is 27.8 Å². The summed E-state index contributed by atoms with van der Waals surface area (Å²) in [6.45, 7) is 0. The van der Waals surface area contributed by atoms with Crippen LogP contribution in [-0.4, -0.2) is 70.4 Å². The molecule has 5 N–H and O–H groups in total. The highest BCUT2D eigenvalue weighted by molar-refractivity contribution is 8.00. The van der Waals surface area contributed by atoms with E-state index in [1.54, 1.807) is 0 Å². The second kappa shape index (κ2) is 8.85. The lowest BCUT2D eigenvalue weighted by Crippen LogP contribution is -2.71. The van der Waals surface area contributed by atoms with Crippen LogP contribution in [0.15, 0.2) is 27.9 Å². The van der Waals surface area contributed by atoms with E-state index >= 15 is 0 Å². The Balaban J connectivity index is 1.53. The van der Waals surface area contributed by atoms with Gasteiger partial charge in [-0.25, -0.2) is 9.78 Å². The number of aliphatic carboxylic acids is 1.